The molecule has 0 fully saturated rings. The number of nitrogens with one attached hydrogen (secondary N) is 2. The smallest absolute Gasteiger partial charge is 0.313 e. The maximum atomic E-state index is 12.1. The zero-order valence-corrected chi connectivity index (χ0v) is 14.6. The standard InChI is InChI=1S/C18H19ClN4O3/c19-13-7-6-12(10-20)14(9-13)22-17(25)18(26)23-15(16(21)24)8-11-4-2-1-3-5-11/h1-7,9,15H,8,10,20H2,(H2,21,24)(H,22,25)(H,23,26)/t15-/m0/s1. The lowest BCUT2D eigenvalue weighted by molar-refractivity contribution is -0.137. The molecule has 0 saturated heterocycles. The number of rotatable bonds is 6. The van der Waals surface area contributed by atoms with Crippen molar-refractivity contribution < 1.29 is 14.4 Å². The van der Waals surface area contributed by atoms with Crippen LogP contribution in [0, 0.1) is 0 Å². The Hall–Kier alpha value is -2.90. The van der Waals surface area contributed by atoms with E-state index in [1.54, 1.807) is 36.4 Å². The van der Waals surface area contributed by atoms with E-state index in [-0.39, 0.29) is 13.0 Å². The van der Waals surface area contributed by atoms with Gasteiger partial charge in [0, 0.05) is 23.7 Å². The predicted molar refractivity (Wildman–Crippen MR) is 99.2 cm³/mol. The fourth-order valence-corrected chi connectivity index (χ4v) is 2.49. The van der Waals surface area contributed by atoms with Crippen molar-refractivity contribution in [2.24, 2.45) is 11.5 Å². The van der Waals surface area contributed by atoms with Crippen molar-refractivity contribution >= 4 is 35.0 Å². The summed E-state index contributed by atoms with van der Waals surface area (Å²) in [5, 5.41) is 5.18. The first kappa shape index (κ1) is 19.4. The SMILES string of the molecule is NCc1ccc(Cl)cc1NC(=O)C(=O)N[C@@H](Cc1ccccc1)C(N)=O. The number of amides is 3. The second-order valence-electron chi connectivity index (χ2n) is 5.58. The molecular formula is C18H19ClN4O3. The summed E-state index contributed by atoms with van der Waals surface area (Å²) in [7, 11) is 0. The highest BCUT2D eigenvalue weighted by Crippen LogP contribution is 2.20. The van der Waals surface area contributed by atoms with Gasteiger partial charge >= 0.3 is 11.8 Å². The Labute approximate surface area is 155 Å². The highest BCUT2D eigenvalue weighted by molar-refractivity contribution is 6.40. The third-order valence-corrected chi connectivity index (χ3v) is 3.91. The molecule has 136 valence electrons. The average molecular weight is 375 g/mol. The first-order valence-corrected chi connectivity index (χ1v) is 8.22. The monoisotopic (exact) mass is 374 g/mol. The van der Waals surface area contributed by atoms with Crippen LogP contribution in [0.4, 0.5) is 5.69 Å². The van der Waals surface area contributed by atoms with Crippen molar-refractivity contribution in [3.05, 3.63) is 64.7 Å². The van der Waals surface area contributed by atoms with Gasteiger partial charge in [-0.25, -0.2) is 0 Å². The van der Waals surface area contributed by atoms with Gasteiger partial charge in [0.1, 0.15) is 6.04 Å². The fourth-order valence-electron chi connectivity index (χ4n) is 2.32. The first-order valence-electron chi connectivity index (χ1n) is 7.84. The maximum absolute atomic E-state index is 12.1. The molecule has 0 heterocycles. The van der Waals surface area contributed by atoms with Crippen LogP contribution in [0.5, 0.6) is 0 Å². The van der Waals surface area contributed by atoms with Crippen LogP contribution in [-0.2, 0) is 27.3 Å². The van der Waals surface area contributed by atoms with E-state index in [9.17, 15) is 14.4 Å². The Morgan fingerprint density at radius 2 is 1.73 bits per heavy atom. The molecule has 2 aromatic rings. The average Bonchev–Trinajstić information content (AvgIpc) is 2.62. The molecule has 0 aliphatic rings. The highest BCUT2D eigenvalue weighted by atomic mass is 35.5. The second kappa shape index (κ2) is 8.98. The minimum absolute atomic E-state index is 0.159. The molecule has 0 bridgehead atoms. The van der Waals surface area contributed by atoms with Crippen molar-refractivity contribution in [2.45, 2.75) is 19.0 Å². The van der Waals surface area contributed by atoms with Crippen LogP contribution in [0.1, 0.15) is 11.1 Å². The van der Waals surface area contributed by atoms with Gasteiger partial charge in [-0.3, -0.25) is 14.4 Å². The number of anilines is 1. The molecule has 0 unspecified atom stereocenters. The predicted octanol–water partition coefficient (Wildman–Crippen LogP) is 0.950. The summed E-state index contributed by atoms with van der Waals surface area (Å²) < 4.78 is 0. The van der Waals surface area contributed by atoms with Gasteiger partial charge in [-0.15, -0.1) is 0 Å². The van der Waals surface area contributed by atoms with E-state index in [1.165, 1.54) is 6.07 Å². The Morgan fingerprint density at radius 1 is 1.04 bits per heavy atom. The van der Waals surface area contributed by atoms with Crippen LogP contribution in [0.3, 0.4) is 0 Å². The number of benzene rings is 2. The summed E-state index contributed by atoms with van der Waals surface area (Å²) in [6.07, 6.45) is 0.181. The van der Waals surface area contributed by atoms with Crippen LogP contribution in [-0.4, -0.2) is 23.8 Å². The number of nitrogens with two attached hydrogens (primary N) is 2. The molecule has 2 rings (SSSR count). The fraction of sp³-hybridized carbons (Fsp3) is 0.167. The number of hydrogen-bond donors (Lipinski definition) is 4. The molecule has 8 heteroatoms. The molecular weight excluding hydrogens is 356 g/mol. The van der Waals surface area contributed by atoms with E-state index in [0.717, 1.165) is 5.56 Å². The Bertz CT molecular complexity index is 811. The number of primary amides is 1. The number of carbonyl (C=O) groups is 3. The van der Waals surface area contributed by atoms with Gasteiger partial charge in [0.15, 0.2) is 0 Å². The van der Waals surface area contributed by atoms with Crippen LogP contribution < -0.4 is 22.1 Å². The molecule has 26 heavy (non-hydrogen) atoms. The lowest BCUT2D eigenvalue weighted by Gasteiger charge is -2.16. The number of halogens is 1. The zero-order valence-electron chi connectivity index (χ0n) is 13.9. The van der Waals surface area contributed by atoms with Crippen molar-refractivity contribution in [1.82, 2.24) is 5.32 Å². The van der Waals surface area contributed by atoms with Gasteiger partial charge in [0.2, 0.25) is 5.91 Å². The molecule has 0 aromatic heterocycles. The molecule has 2 aromatic carbocycles. The van der Waals surface area contributed by atoms with Gasteiger partial charge < -0.3 is 22.1 Å². The van der Waals surface area contributed by atoms with Gasteiger partial charge in [-0.1, -0.05) is 48.0 Å². The van der Waals surface area contributed by atoms with E-state index in [2.05, 4.69) is 10.6 Å². The minimum Gasteiger partial charge on any atom is -0.368 e. The van der Waals surface area contributed by atoms with E-state index >= 15 is 0 Å². The van der Waals surface area contributed by atoms with Gasteiger partial charge in [0.25, 0.3) is 0 Å². The third kappa shape index (κ3) is 5.30. The molecule has 7 nitrogen and oxygen atoms in total. The first-order chi connectivity index (χ1) is 12.4. The topological polar surface area (TPSA) is 127 Å². The molecule has 1 atom stereocenters. The lowest BCUT2D eigenvalue weighted by Crippen LogP contribution is -2.49. The lowest BCUT2D eigenvalue weighted by atomic mass is 10.1. The van der Waals surface area contributed by atoms with Crippen molar-refractivity contribution in [3.63, 3.8) is 0 Å². The van der Waals surface area contributed by atoms with Crippen LogP contribution in [0.2, 0.25) is 5.02 Å². The summed E-state index contributed by atoms with van der Waals surface area (Å²) in [6.45, 7) is 0.159. The van der Waals surface area contributed by atoms with Gasteiger partial charge in [-0.05, 0) is 23.3 Å². The minimum atomic E-state index is -1.01. The molecule has 0 aliphatic heterocycles. The summed E-state index contributed by atoms with van der Waals surface area (Å²) in [5.74, 6) is -2.66. The van der Waals surface area contributed by atoms with Crippen molar-refractivity contribution in [2.75, 3.05) is 5.32 Å². The summed E-state index contributed by atoms with van der Waals surface area (Å²) >= 11 is 5.90. The maximum Gasteiger partial charge on any atom is 0.313 e. The van der Waals surface area contributed by atoms with E-state index in [0.29, 0.717) is 16.3 Å². The zero-order chi connectivity index (χ0) is 19.1. The molecule has 0 radical (unpaired) electrons. The van der Waals surface area contributed by atoms with Crippen LogP contribution >= 0.6 is 11.6 Å². The summed E-state index contributed by atoms with van der Waals surface area (Å²) in [5.41, 5.74) is 12.7. The highest BCUT2D eigenvalue weighted by Gasteiger charge is 2.23. The largest absolute Gasteiger partial charge is 0.368 e. The van der Waals surface area contributed by atoms with Gasteiger partial charge in [-0.2, -0.15) is 0 Å². The summed E-state index contributed by atoms with van der Waals surface area (Å²) in [6, 6.07) is 12.8. The molecule has 0 aliphatic carbocycles. The van der Waals surface area contributed by atoms with Gasteiger partial charge in [0.05, 0.1) is 0 Å². The van der Waals surface area contributed by atoms with E-state index in [4.69, 9.17) is 23.1 Å². The van der Waals surface area contributed by atoms with E-state index < -0.39 is 23.8 Å². The van der Waals surface area contributed by atoms with E-state index in [1.807, 2.05) is 6.07 Å². The second-order valence-corrected chi connectivity index (χ2v) is 6.01. The quantitative estimate of drug-likeness (QED) is 0.561. The van der Waals surface area contributed by atoms with Crippen molar-refractivity contribution in [3.8, 4) is 0 Å². The van der Waals surface area contributed by atoms with Crippen molar-refractivity contribution in [1.29, 1.82) is 0 Å². The molecule has 3 amide bonds. The Morgan fingerprint density at radius 3 is 2.35 bits per heavy atom. The van der Waals surface area contributed by atoms with Crippen LogP contribution in [0.15, 0.2) is 48.5 Å². The molecule has 0 saturated carbocycles. The molecule has 6 N–H and O–H groups in total. The number of hydrogen-bond acceptors (Lipinski definition) is 4. The number of carbonyl (C=O) groups excluding carboxylic acids is 3. The Balaban J connectivity index is 2.06. The normalized spacial score (nSPS) is 11.5. The molecule has 0 spiro atoms. The Kier molecular flexibility index (Phi) is 6.71. The van der Waals surface area contributed by atoms with Crippen LogP contribution in [0.25, 0.3) is 0 Å². The third-order valence-electron chi connectivity index (χ3n) is 3.68. The summed E-state index contributed by atoms with van der Waals surface area (Å²) in [4.78, 5) is 35.9.